The molecule has 0 unspecified atom stereocenters. The fourth-order valence-corrected chi connectivity index (χ4v) is 2.47. The molecule has 0 aliphatic rings. The van der Waals surface area contributed by atoms with Crippen LogP contribution in [0.3, 0.4) is 0 Å². The lowest BCUT2D eigenvalue weighted by molar-refractivity contribution is 0.112. The first-order chi connectivity index (χ1) is 9.70. The van der Waals surface area contributed by atoms with Gasteiger partial charge >= 0.3 is 0 Å². The van der Waals surface area contributed by atoms with Gasteiger partial charge in [-0.05, 0) is 35.4 Å². The predicted molar refractivity (Wildman–Crippen MR) is 81.9 cm³/mol. The molecule has 1 aromatic heterocycles. The maximum absolute atomic E-state index is 11.1. The van der Waals surface area contributed by atoms with Crippen molar-refractivity contribution in [2.45, 2.75) is 0 Å². The first kappa shape index (κ1) is 12.8. The molecule has 0 bridgehead atoms. The molecule has 2 aromatic carbocycles. The van der Waals surface area contributed by atoms with Gasteiger partial charge in [0.2, 0.25) is 0 Å². The van der Waals surface area contributed by atoms with Crippen LogP contribution in [0.25, 0.3) is 22.0 Å². The van der Waals surface area contributed by atoms with Gasteiger partial charge in [0.05, 0.1) is 5.56 Å². The van der Waals surface area contributed by atoms with Crippen LogP contribution in [0.4, 0.5) is 0 Å². The number of nitrogens with zero attached hydrogens (tertiary/aromatic N) is 1. The fraction of sp³-hybridized carbons (Fsp3) is 0. The largest absolute Gasteiger partial charge is 0.505 e. The Balaban J connectivity index is 2.37. The van der Waals surface area contributed by atoms with Crippen LogP contribution < -0.4 is 0 Å². The Morgan fingerprint density at radius 3 is 2.60 bits per heavy atom. The molecule has 3 rings (SSSR count). The summed E-state index contributed by atoms with van der Waals surface area (Å²) in [5.41, 5.74) is 2.53. The van der Waals surface area contributed by atoms with Crippen LogP contribution in [0.15, 0.2) is 53.1 Å². The Morgan fingerprint density at radius 2 is 1.90 bits per heavy atom. The highest BCUT2D eigenvalue weighted by atomic mass is 79.9. The maximum Gasteiger partial charge on any atom is 0.153 e. The van der Waals surface area contributed by atoms with Crippen molar-refractivity contribution in [3.8, 4) is 16.9 Å². The molecule has 4 heteroatoms. The normalized spacial score (nSPS) is 10.7. The van der Waals surface area contributed by atoms with Gasteiger partial charge < -0.3 is 5.11 Å². The van der Waals surface area contributed by atoms with Crippen molar-refractivity contribution in [1.82, 2.24) is 4.98 Å². The third-order valence-corrected chi connectivity index (χ3v) is 3.71. The lowest BCUT2D eigenvalue weighted by Gasteiger charge is -2.10. The summed E-state index contributed by atoms with van der Waals surface area (Å²) in [5, 5.41) is 10.9. The highest BCUT2D eigenvalue weighted by molar-refractivity contribution is 9.10. The number of hydrogen-bond acceptors (Lipinski definition) is 3. The number of fused-ring (bicyclic) bond motifs is 1. The number of aromatic hydroxyl groups is 1. The molecule has 0 saturated heterocycles. The second kappa shape index (κ2) is 5.06. The van der Waals surface area contributed by atoms with E-state index >= 15 is 0 Å². The number of carbonyl (C=O) groups is 1. The molecule has 0 spiro atoms. The van der Waals surface area contributed by atoms with Crippen LogP contribution in [0.5, 0.6) is 5.75 Å². The molecule has 0 saturated carbocycles. The molecule has 0 amide bonds. The molecule has 0 fully saturated rings. The van der Waals surface area contributed by atoms with E-state index in [1.165, 1.54) is 0 Å². The Bertz CT molecular complexity index is 797. The number of aromatic nitrogens is 1. The number of carbonyl (C=O) groups excluding carboxylic acids is 1. The SMILES string of the molecule is O=Cc1cc(-c2ccc(Br)cc2)c2cccnc2c1O. The minimum absolute atomic E-state index is 0.0727. The molecule has 0 radical (unpaired) electrons. The summed E-state index contributed by atoms with van der Waals surface area (Å²) >= 11 is 3.40. The molecule has 3 nitrogen and oxygen atoms in total. The minimum Gasteiger partial charge on any atom is -0.505 e. The highest BCUT2D eigenvalue weighted by Gasteiger charge is 2.13. The van der Waals surface area contributed by atoms with Crippen LogP contribution in [-0.4, -0.2) is 16.4 Å². The quantitative estimate of drug-likeness (QED) is 0.718. The molecule has 98 valence electrons. The number of phenolic OH excluding ortho intramolecular Hbond substituents is 1. The maximum atomic E-state index is 11.1. The highest BCUT2D eigenvalue weighted by Crippen LogP contribution is 2.35. The summed E-state index contributed by atoms with van der Waals surface area (Å²) in [5.74, 6) is -0.0727. The summed E-state index contributed by atoms with van der Waals surface area (Å²) in [4.78, 5) is 15.3. The average Bonchev–Trinajstić information content (AvgIpc) is 2.49. The van der Waals surface area contributed by atoms with Gasteiger partial charge in [-0.25, -0.2) is 0 Å². The summed E-state index contributed by atoms with van der Waals surface area (Å²) in [6, 6.07) is 13.2. The number of rotatable bonds is 2. The van der Waals surface area contributed by atoms with Gasteiger partial charge in [0.15, 0.2) is 12.0 Å². The van der Waals surface area contributed by atoms with E-state index in [-0.39, 0.29) is 11.3 Å². The van der Waals surface area contributed by atoms with Crippen molar-refractivity contribution in [1.29, 1.82) is 0 Å². The molecule has 1 N–H and O–H groups in total. The van der Waals surface area contributed by atoms with Crippen molar-refractivity contribution < 1.29 is 9.90 Å². The first-order valence-corrected chi connectivity index (χ1v) is 6.82. The Kier molecular flexibility index (Phi) is 3.24. The van der Waals surface area contributed by atoms with Gasteiger partial charge in [-0.15, -0.1) is 0 Å². The predicted octanol–water partition coefficient (Wildman–Crippen LogP) is 4.18. The Morgan fingerprint density at radius 1 is 1.15 bits per heavy atom. The Labute approximate surface area is 124 Å². The molecule has 20 heavy (non-hydrogen) atoms. The zero-order valence-corrected chi connectivity index (χ0v) is 12.0. The van der Waals surface area contributed by atoms with Crippen molar-refractivity contribution in [3.05, 3.63) is 58.7 Å². The number of halogens is 1. The molecular weight excluding hydrogens is 318 g/mol. The lowest BCUT2D eigenvalue weighted by atomic mass is 9.97. The van der Waals surface area contributed by atoms with Gasteiger partial charge in [-0.3, -0.25) is 9.78 Å². The van der Waals surface area contributed by atoms with Crippen LogP contribution >= 0.6 is 15.9 Å². The average molecular weight is 328 g/mol. The summed E-state index contributed by atoms with van der Waals surface area (Å²) in [6.07, 6.45) is 2.24. The van der Waals surface area contributed by atoms with Crippen molar-refractivity contribution in [2.24, 2.45) is 0 Å². The minimum atomic E-state index is -0.0727. The number of benzene rings is 2. The zero-order valence-electron chi connectivity index (χ0n) is 10.4. The number of pyridine rings is 1. The second-order valence-electron chi connectivity index (χ2n) is 4.39. The smallest absolute Gasteiger partial charge is 0.153 e. The van der Waals surface area contributed by atoms with E-state index in [1.807, 2.05) is 36.4 Å². The zero-order chi connectivity index (χ0) is 14.1. The van der Waals surface area contributed by atoms with Gasteiger partial charge in [-0.1, -0.05) is 34.1 Å². The number of phenols is 1. The first-order valence-electron chi connectivity index (χ1n) is 6.02. The van der Waals surface area contributed by atoms with Crippen molar-refractivity contribution in [2.75, 3.05) is 0 Å². The van der Waals surface area contributed by atoms with Crippen LogP contribution in [0.2, 0.25) is 0 Å². The van der Waals surface area contributed by atoms with Gasteiger partial charge in [-0.2, -0.15) is 0 Å². The Hall–Kier alpha value is -2.20. The van der Waals surface area contributed by atoms with E-state index < -0.39 is 0 Å². The molecular formula is C16H10BrNO2. The van der Waals surface area contributed by atoms with E-state index in [2.05, 4.69) is 20.9 Å². The monoisotopic (exact) mass is 327 g/mol. The number of hydrogen-bond donors (Lipinski definition) is 1. The summed E-state index contributed by atoms with van der Waals surface area (Å²) in [7, 11) is 0. The third kappa shape index (κ3) is 2.08. The topological polar surface area (TPSA) is 50.2 Å². The van der Waals surface area contributed by atoms with Crippen molar-refractivity contribution in [3.63, 3.8) is 0 Å². The van der Waals surface area contributed by atoms with Gasteiger partial charge in [0, 0.05) is 16.1 Å². The third-order valence-electron chi connectivity index (χ3n) is 3.18. The van der Waals surface area contributed by atoms with E-state index in [4.69, 9.17) is 0 Å². The molecule has 1 heterocycles. The van der Waals surface area contributed by atoms with Gasteiger partial charge in [0.1, 0.15) is 5.52 Å². The van der Waals surface area contributed by atoms with Crippen molar-refractivity contribution >= 4 is 33.1 Å². The summed E-state index contributed by atoms with van der Waals surface area (Å²) < 4.78 is 0.984. The van der Waals surface area contributed by atoms with E-state index in [9.17, 15) is 9.90 Å². The van der Waals surface area contributed by atoms with Gasteiger partial charge in [0.25, 0.3) is 0 Å². The van der Waals surface area contributed by atoms with Crippen LogP contribution in [-0.2, 0) is 0 Å². The molecule has 0 atom stereocenters. The summed E-state index contributed by atoms with van der Waals surface area (Å²) in [6.45, 7) is 0. The molecule has 0 aliphatic carbocycles. The lowest BCUT2D eigenvalue weighted by Crippen LogP contribution is -1.90. The number of aldehydes is 1. The van der Waals surface area contributed by atoms with Crippen LogP contribution in [0.1, 0.15) is 10.4 Å². The standard InChI is InChI=1S/C16H10BrNO2/c17-12-5-3-10(4-6-12)14-8-11(9-19)16(20)15-13(14)2-1-7-18-15/h1-9,20H. The van der Waals surface area contributed by atoms with E-state index in [0.29, 0.717) is 11.8 Å². The van der Waals surface area contributed by atoms with E-state index in [0.717, 1.165) is 21.0 Å². The molecule has 3 aromatic rings. The van der Waals surface area contributed by atoms with Crippen LogP contribution in [0, 0.1) is 0 Å². The van der Waals surface area contributed by atoms with E-state index in [1.54, 1.807) is 12.3 Å². The molecule has 0 aliphatic heterocycles. The fourth-order valence-electron chi connectivity index (χ4n) is 2.21. The second-order valence-corrected chi connectivity index (χ2v) is 5.30.